The minimum Gasteiger partial charge on any atom is -0.495 e. The number of carbonyl (C=O) groups is 1. The molecule has 206 valence electrons. The van der Waals surface area contributed by atoms with Gasteiger partial charge in [0.1, 0.15) is 18.1 Å². The number of hydrogen-bond donors (Lipinski definition) is 0. The first-order valence-corrected chi connectivity index (χ1v) is 13.9. The van der Waals surface area contributed by atoms with Gasteiger partial charge < -0.3 is 28.7 Å². The molecule has 2 fully saturated rings. The van der Waals surface area contributed by atoms with Crippen molar-refractivity contribution in [2.24, 2.45) is 0 Å². The van der Waals surface area contributed by atoms with Crippen LogP contribution in [-0.2, 0) is 15.9 Å². The van der Waals surface area contributed by atoms with Gasteiger partial charge in [-0.25, -0.2) is 0 Å². The Morgan fingerprint density at radius 1 is 1.03 bits per heavy atom. The number of rotatable bonds is 9. The van der Waals surface area contributed by atoms with Crippen molar-refractivity contribution in [3.05, 3.63) is 47.5 Å². The average Bonchev–Trinajstić information content (AvgIpc) is 3.34. The zero-order chi connectivity index (χ0) is 26.5. The smallest absolute Gasteiger partial charge is 0.258 e. The fourth-order valence-corrected chi connectivity index (χ4v) is 5.83. The van der Waals surface area contributed by atoms with E-state index >= 15 is 0 Å². The van der Waals surface area contributed by atoms with Crippen molar-refractivity contribution in [3.8, 4) is 11.5 Å². The van der Waals surface area contributed by atoms with Crippen LogP contribution in [0.25, 0.3) is 0 Å². The molecule has 8 nitrogen and oxygen atoms in total. The Morgan fingerprint density at radius 3 is 2.71 bits per heavy atom. The maximum atomic E-state index is 13.5. The summed E-state index contributed by atoms with van der Waals surface area (Å²) in [5.41, 5.74) is 3.72. The van der Waals surface area contributed by atoms with Crippen molar-refractivity contribution in [2.75, 3.05) is 76.6 Å². The van der Waals surface area contributed by atoms with E-state index in [1.807, 2.05) is 29.2 Å². The summed E-state index contributed by atoms with van der Waals surface area (Å²) in [6, 6.07) is 12.4. The molecule has 0 aliphatic carbocycles. The third-order valence-electron chi connectivity index (χ3n) is 7.99. The predicted octanol–water partition coefficient (Wildman–Crippen LogP) is 4.00. The normalized spacial score (nSPS) is 21.2. The van der Waals surface area contributed by atoms with E-state index in [4.69, 9.17) is 18.9 Å². The fourth-order valence-electron chi connectivity index (χ4n) is 5.83. The van der Waals surface area contributed by atoms with Gasteiger partial charge in [0.15, 0.2) is 0 Å². The Bertz CT molecular complexity index is 1100. The molecule has 0 saturated carbocycles. The lowest BCUT2D eigenvalue weighted by molar-refractivity contribution is 0.0679. The first kappa shape index (κ1) is 26.8. The largest absolute Gasteiger partial charge is 0.495 e. The second-order valence-corrected chi connectivity index (χ2v) is 10.5. The van der Waals surface area contributed by atoms with Gasteiger partial charge in [0.05, 0.1) is 25.5 Å². The molecule has 0 radical (unpaired) electrons. The molecule has 2 atom stereocenters. The minimum atomic E-state index is 0.0178. The molecular weight excluding hydrogens is 482 g/mol. The van der Waals surface area contributed by atoms with Crippen LogP contribution in [0, 0.1) is 0 Å². The number of ether oxygens (including phenoxy) is 4. The lowest BCUT2D eigenvalue weighted by Crippen LogP contribution is -2.39. The number of anilines is 2. The molecule has 0 N–H and O–H groups in total. The van der Waals surface area contributed by atoms with Crippen molar-refractivity contribution in [1.82, 2.24) is 4.90 Å². The molecule has 38 heavy (non-hydrogen) atoms. The topological polar surface area (TPSA) is 63.7 Å². The summed E-state index contributed by atoms with van der Waals surface area (Å²) in [4.78, 5) is 20.2. The van der Waals surface area contributed by atoms with Crippen LogP contribution < -0.4 is 19.3 Å². The number of nitrogens with zero attached hydrogens (tertiary/aromatic N) is 3. The van der Waals surface area contributed by atoms with E-state index in [-0.39, 0.29) is 12.0 Å². The SMILES string of the molecule is COCC(C)N1CCCN(c2ccc(N3CCc4cc(OC[C@H]5CCCO5)ccc4C3=O)cc2OC)CC1. The van der Waals surface area contributed by atoms with E-state index in [2.05, 4.69) is 28.9 Å². The summed E-state index contributed by atoms with van der Waals surface area (Å²) in [6.07, 6.45) is 4.18. The molecule has 0 spiro atoms. The highest BCUT2D eigenvalue weighted by molar-refractivity contribution is 6.08. The monoisotopic (exact) mass is 523 g/mol. The molecule has 3 aliphatic rings. The summed E-state index contributed by atoms with van der Waals surface area (Å²) in [7, 11) is 3.47. The highest BCUT2D eigenvalue weighted by Crippen LogP contribution is 2.35. The molecule has 2 aromatic rings. The second kappa shape index (κ2) is 12.4. The van der Waals surface area contributed by atoms with E-state index in [9.17, 15) is 4.79 Å². The van der Waals surface area contributed by atoms with Crippen LogP contribution in [-0.4, -0.2) is 89.7 Å². The molecular formula is C30H41N3O5. The molecule has 1 amide bonds. The highest BCUT2D eigenvalue weighted by atomic mass is 16.5. The third kappa shape index (κ3) is 5.92. The van der Waals surface area contributed by atoms with Gasteiger partial charge in [-0.2, -0.15) is 0 Å². The van der Waals surface area contributed by atoms with Crippen LogP contribution in [0.4, 0.5) is 11.4 Å². The fraction of sp³-hybridized carbons (Fsp3) is 0.567. The van der Waals surface area contributed by atoms with Gasteiger partial charge in [-0.3, -0.25) is 9.69 Å². The lowest BCUT2D eigenvalue weighted by atomic mass is 9.98. The van der Waals surface area contributed by atoms with Crippen molar-refractivity contribution in [1.29, 1.82) is 0 Å². The second-order valence-electron chi connectivity index (χ2n) is 10.5. The Kier molecular flexibility index (Phi) is 8.72. The summed E-state index contributed by atoms with van der Waals surface area (Å²) in [5, 5.41) is 0. The molecule has 2 aromatic carbocycles. The Labute approximate surface area is 226 Å². The van der Waals surface area contributed by atoms with Gasteiger partial charge in [-0.05, 0) is 68.5 Å². The van der Waals surface area contributed by atoms with Crippen molar-refractivity contribution in [2.45, 2.75) is 44.8 Å². The Morgan fingerprint density at radius 2 is 1.92 bits per heavy atom. The maximum Gasteiger partial charge on any atom is 0.258 e. The van der Waals surface area contributed by atoms with Crippen molar-refractivity contribution >= 4 is 17.3 Å². The van der Waals surface area contributed by atoms with Gasteiger partial charge in [-0.15, -0.1) is 0 Å². The van der Waals surface area contributed by atoms with Crippen LogP contribution in [0.5, 0.6) is 11.5 Å². The van der Waals surface area contributed by atoms with Crippen molar-refractivity contribution in [3.63, 3.8) is 0 Å². The quantitative estimate of drug-likeness (QED) is 0.492. The maximum absolute atomic E-state index is 13.5. The van der Waals surface area contributed by atoms with Gasteiger partial charge in [0.2, 0.25) is 0 Å². The van der Waals surface area contributed by atoms with E-state index < -0.39 is 0 Å². The average molecular weight is 524 g/mol. The summed E-state index contributed by atoms with van der Waals surface area (Å²) >= 11 is 0. The number of methoxy groups -OCH3 is 2. The van der Waals surface area contributed by atoms with Crippen LogP contribution in [0.1, 0.15) is 42.1 Å². The standard InChI is InChI=1S/C30H41N3O5/c1-22(20-35-2)31-12-5-13-32(16-15-31)28-10-7-24(19-29(28)36-3)33-14-11-23-18-25(8-9-27(23)30(33)34)38-21-26-6-4-17-37-26/h7-10,18-19,22,26H,4-6,11-17,20-21H2,1-3H3/t22?,26-/m1/s1. The molecule has 8 heteroatoms. The van der Waals surface area contributed by atoms with Gasteiger partial charge >= 0.3 is 0 Å². The zero-order valence-corrected chi connectivity index (χ0v) is 23.0. The Hall–Kier alpha value is -2.81. The van der Waals surface area contributed by atoms with E-state index in [0.717, 1.165) is 99.1 Å². The molecule has 1 unspecified atom stereocenters. The zero-order valence-electron chi connectivity index (χ0n) is 23.0. The number of carbonyl (C=O) groups excluding carboxylic acids is 1. The van der Waals surface area contributed by atoms with Crippen LogP contribution >= 0.6 is 0 Å². The van der Waals surface area contributed by atoms with Crippen LogP contribution in [0.2, 0.25) is 0 Å². The first-order valence-electron chi connectivity index (χ1n) is 13.9. The number of benzene rings is 2. The number of hydrogen-bond acceptors (Lipinski definition) is 7. The van der Waals surface area contributed by atoms with Gasteiger partial charge in [-0.1, -0.05) is 0 Å². The summed E-state index contributed by atoms with van der Waals surface area (Å²) in [5.74, 6) is 1.63. The predicted molar refractivity (Wildman–Crippen MR) is 149 cm³/mol. The Balaban J connectivity index is 1.26. The van der Waals surface area contributed by atoms with Gasteiger partial charge in [0.25, 0.3) is 5.91 Å². The lowest BCUT2D eigenvalue weighted by Gasteiger charge is -2.31. The molecule has 0 aromatic heterocycles. The van der Waals surface area contributed by atoms with Crippen molar-refractivity contribution < 1.29 is 23.7 Å². The molecule has 3 heterocycles. The van der Waals surface area contributed by atoms with Crippen LogP contribution in [0.15, 0.2) is 36.4 Å². The first-order chi connectivity index (χ1) is 18.6. The van der Waals surface area contributed by atoms with Gasteiger partial charge in [0, 0.05) is 69.8 Å². The molecule has 3 aliphatic heterocycles. The van der Waals surface area contributed by atoms with Crippen LogP contribution in [0.3, 0.4) is 0 Å². The summed E-state index contributed by atoms with van der Waals surface area (Å²) in [6.45, 7) is 8.91. The van der Waals surface area contributed by atoms with E-state index in [0.29, 0.717) is 19.2 Å². The molecule has 5 rings (SSSR count). The number of fused-ring (bicyclic) bond motifs is 1. The van der Waals surface area contributed by atoms with E-state index in [1.54, 1.807) is 14.2 Å². The molecule has 2 saturated heterocycles. The molecule has 0 bridgehead atoms. The summed E-state index contributed by atoms with van der Waals surface area (Å²) < 4.78 is 22.8. The highest BCUT2D eigenvalue weighted by Gasteiger charge is 2.28. The third-order valence-corrected chi connectivity index (χ3v) is 7.99. The number of amides is 1. The minimum absolute atomic E-state index is 0.0178. The van der Waals surface area contributed by atoms with E-state index in [1.165, 1.54) is 0 Å².